The predicted molar refractivity (Wildman–Crippen MR) is 85.3 cm³/mol. The first-order valence-corrected chi connectivity index (χ1v) is 7.47. The summed E-state index contributed by atoms with van der Waals surface area (Å²) in [7, 11) is 0. The van der Waals surface area contributed by atoms with Gasteiger partial charge in [-0.15, -0.1) is 0 Å². The smallest absolute Gasteiger partial charge is 0.329 e. The van der Waals surface area contributed by atoms with Gasteiger partial charge in [0, 0.05) is 5.69 Å². The van der Waals surface area contributed by atoms with E-state index in [0.29, 0.717) is 0 Å². The van der Waals surface area contributed by atoms with Gasteiger partial charge in [-0.1, -0.05) is 31.0 Å². The summed E-state index contributed by atoms with van der Waals surface area (Å²) in [4.78, 5) is 12.6. The maximum Gasteiger partial charge on any atom is 0.329 e. The highest BCUT2D eigenvalue weighted by Crippen LogP contribution is 2.29. The zero-order chi connectivity index (χ0) is 15.2. The van der Waals surface area contributed by atoms with Crippen molar-refractivity contribution < 1.29 is 14.6 Å². The van der Waals surface area contributed by atoms with Crippen LogP contribution in [0.1, 0.15) is 25.7 Å². The quantitative estimate of drug-likeness (QED) is 0.812. The Bertz CT molecular complexity index is 495. The fourth-order valence-corrected chi connectivity index (χ4v) is 3.06. The highest BCUT2D eigenvalue weighted by Gasteiger charge is 2.32. The van der Waals surface area contributed by atoms with Crippen molar-refractivity contribution in [2.24, 2.45) is 5.73 Å². The number of nitrogens with zero attached hydrogens (tertiary/aromatic N) is 1. The largest absolute Gasteiger partial charge is 0.480 e. The number of aliphatic carboxylic acids is 1. The van der Waals surface area contributed by atoms with Crippen molar-refractivity contribution in [2.75, 3.05) is 11.5 Å². The number of nitrogens with two attached hydrogens (primary N) is 1. The molecule has 3 N–H and O–H groups in total. The first kappa shape index (κ1) is 15.7. The van der Waals surface area contributed by atoms with Gasteiger partial charge in [-0.3, -0.25) is 0 Å². The zero-order valence-electron chi connectivity index (χ0n) is 11.8. The van der Waals surface area contributed by atoms with Gasteiger partial charge in [-0.25, -0.2) is 4.79 Å². The number of rotatable bonds is 5. The summed E-state index contributed by atoms with van der Waals surface area (Å²) in [6.07, 6.45) is 3.63. The molecule has 5 nitrogen and oxygen atoms in total. The Balaban J connectivity index is 2.20. The van der Waals surface area contributed by atoms with Gasteiger partial charge < -0.3 is 20.5 Å². The molecule has 21 heavy (non-hydrogen) atoms. The highest BCUT2D eigenvalue weighted by molar-refractivity contribution is 7.80. The molecule has 1 aliphatic carbocycles. The maximum atomic E-state index is 10.7. The monoisotopic (exact) mass is 308 g/mol. The van der Waals surface area contributed by atoms with E-state index in [2.05, 4.69) is 0 Å². The maximum absolute atomic E-state index is 10.7. The molecule has 1 fully saturated rings. The van der Waals surface area contributed by atoms with Crippen LogP contribution in [0.15, 0.2) is 30.3 Å². The van der Waals surface area contributed by atoms with Crippen LogP contribution in [-0.4, -0.2) is 34.9 Å². The summed E-state index contributed by atoms with van der Waals surface area (Å²) in [6.45, 7) is -0.291. The second-order valence-corrected chi connectivity index (χ2v) is 5.56. The summed E-state index contributed by atoms with van der Waals surface area (Å²) < 4.78 is 5.55. The third-order valence-corrected chi connectivity index (χ3v) is 3.89. The number of anilines is 1. The first-order valence-electron chi connectivity index (χ1n) is 7.06. The number of benzene rings is 1. The summed E-state index contributed by atoms with van der Waals surface area (Å²) in [6, 6.07) is 9.66. The number of carboxylic acid groups (broad SMARTS) is 1. The van der Waals surface area contributed by atoms with E-state index in [4.69, 9.17) is 27.8 Å². The minimum atomic E-state index is -0.957. The number of hydrogen-bond donors (Lipinski definition) is 2. The molecule has 0 radical (unpaired) electrons. The lowest BCUT2D eigenvalue weighted by Gasteiger charge is -2.40. The Morgan fingerprint density at radius 2 is 2.00 bits per heavy atom. The van der Waals surface area contributed by atoms with Gasteiger partial charge in [-0.05, 0) is 37.2 Å². The fraction of sp³-hybridized carbons (Fsp3) is 0.467. The summed E-state index contributed by atoms with van der Waals surface area (Å²) >= 11 is 5.20. The molecule has 0 heterocycles. The van der Waals surface area contributed by atoms with Crippen LogP contribution in [0.4, 0.5) is 5.69 Å². The van der Waals surface area contributed by atoms with Gasteiger partial charge in [0.05, 0.1) is 12.1 Å². The minimum absolute atomic E-state index is 0.0157. The third-order valence-electron chi connectivity index (χ3n) is 3.69. The first-order chi connectivity index (χ1) is 10.1. The van der Waals surface area contributed by atoms with Crippen LogP contribution in [0.5, 0.6) is 0 Å². The van der Waals surface area contributed by atoms with E-state index in [9.17, 15) is 4.79 Å². The summed E-state index contributed by atoms with van der Waals surface area (Å²) in [5, 5.41) is 9.10. The van der Waals surface area contributed by atoms with Gasteiger partial charge in [0.1, 0.15) is 6.61 Å². The third kappa shape index (κ3) is 4.15. The van der Waals surface area contributed by atoms with Crippen LogP contribution in [0.2, 0.25) is 0 Å². The summed E-state index contributed by atoms with van der Waals surface area (Å²) in [5.74, 6) is -0.957. The van der Waals surface area contributed by atoms with Crippen molar-refractivity contribution in [3.8, 4) is 0 Å². The average Bonchev–Trinajstić information content (AvgIpc) is 2.47. The van der Waals surface area contributed by atoms with Crippen LogP contribution in [0, 0.1) is 0 Å². The van der Waals surface area contributed by atoms with Gasteiger partial charge in [0.2, 0.25) is 0 Å². The molecule has 0 unspecified atom stereocenters. The molecule has 1 aromatic carbocycles. The molecule has 114 valence electrons. The Morgan fingerprint density at radius 3 is 2.62 bits per heavy atom. The van der Waals surface area contributed by atoms with Crippen molar-refractivity contribution in [1.29, 1.82) is 0 Å². The molecule has 1 saturated carbocycles. The highest BCUT2D eigenvalue weighted by atomic mass is 32.1. The molecule has 6 heteroatoms. The lowest BCUT2D eigenvalue weighted by molar-refractivity contribution is -0.145. The number of hydrogen-bond acceptors (Lipinski definition) is 3. The molecule has 2 atom stereocenters. The van der Waals surface area contributed by atoms with Gasteiger partial charge in [0.15, 0.2) is 5.11 Å². The Morgan fingerprint density at radius 1 is 1.33 bits per heavy atom. The zero-order valence-corrected chi connectivity index (χ0v) is 12.6. The van der Waals surface area contributed by atoms with Gasteiger partial charge in [-0.2, -0.15) is 0 Å². The second-order valence-electron chi connectivity index (χ2n) is 5.14. The van der Waals surface area contributed by atoms with Crippen molar-refractivity contribution in [3.63, 3.8) is 0 Å². The van der Waals surface area contributed by atoms with Crippen LogP contribution >= 0.6 is 12.2 Å². The van der Waals surface area contributed by atoms with E-state index in [0.717, 1.165) is 31.4 Å². The molecule has 1 aliphatic rings. The normalized spacial score (nSPS) is 21.7. The minimum Gasteiger partial charge on any atom is -0.480 e. The van der Waals surface area contributed by atoms with Crippen molar-refractivity contribution in [1.82, 2.24) is 0 Å². The lowest BCUT2D eigenvalue weighted by Crippen LogP contribution is -2.52. The molecular formula is C15H20N2O3S. The molecular weight excluding hydrogens is 288 g/mol. The molecule has 0 saturated heterocycles. The predicted octanol–water partition coefficient (Wildman–Crippen LogP) is 2.15. The SMILES string of the molecule is NC(=S)N(c1ccccc1)[C@@H]1CCCC[C@H]1OCC(=O)O. The molecule has 0 amide bonds. The van der Waals surface area contributed by atoms with E-state index in [-0.39, 0.29) is 23.9 Å². The van der Waals surface area contributed by atoms with Crippen LogP contribution < -0.4 is 10.6 Å². The molecule has 1 aromatic rings. The van der Waals surface area contributed by atoms with E-state index in [1.165, 1.54) is 0 Å². The standard InChI is InChI=1S/C15H20N2O3S/c16-15(21)17(11-6-2-1-3-7-11)12-8-4-5-9-13(12)20-10-14(18)19/h1-3,6-7,12-13H,4-5,8-10H2,(H2,16,21)(H,18,19)/t12-,13-/m1/s1. The van der Waals surface area contributed by atoms with E-state index in [1.54, 1.807) is 0 Å². The van der Waals surface area contributed by atoms with E-state index < -0.39 is 5.97 Å². The Hall–Kier alpha value is -1.66. The Labute approximate surface area is 129 Å². The van der Waals surface area contributed by atoms with E-state index >= 15 is 0 Å². The number of thiocarbonyl (C=S) groups is 1. The van der Waals surface area contributed by atoms with Crippen molar-refractivity contribution in [2.45, 2.75) is 37.8 Å². The lowest BCUT2D eigenvalue weighted by atomic mass is 9.91. The number of para-hydroxylation sites is 1. The number of carboxylic acids is 1. The average molecular weight is 308 g/mol. The number of carbonyl (C=O) groups is 1. The molecule has 0 bridgehead atoms. The van der Waals surface area contributed by atoms with E-state index in [1.807, 2.05) is 35.2 Å². The molecule has 2 rings (SSSR count). The molecule has 0 aliphatic heterocycles. The molecule has 0 spiro atoms. The van der Waals surface area contributed by atoms with Gasteiger partial charge >= 0.3 is 5.97 Å². The van der Waals surface area contributed by atoms with Crippen molar-refractivity contribution >= 4 is 29.0 Å². The van der Waals surface area contributed by atoms with Crippen LogP contribution in [-0.2, 0) is 9.53 Å². The van der Waals surface area contributed by atoms with Crippen LogP contribution in [0.3, 0.4) is 0 Å². The summed E-state index contributed by atoms with van der Waals surface area (Å²) in [5.41, 5.74) is 6.82. The number of ether oxygens (including phenoxy) is 1. The van der Waals surface area contributed by atoms with Crippen molar-refractivity contribution in [3.05, 3.63) is 30.3 Å². The Kier molecular flexibility index (Phi) is 5.52. The second kappa shape index (κ2) is 7.38. The van der Waals surface area contributed by atoms with Gasteiger partial charge in [0.25, 0.3) is 0 Å². The topological polar surface area (TPSA) is 75.8 Å². The molecule has 0 aromatic heterocycles. The van der Waals surface area contributed by atoms with Crippen LogP contribution in [0.25, 0.3) is 0 Å². The fourth-order valence-electron chi connectivity index (χ4n) is 2.82.